The van der Waals surface area contributed by atoms with Crippen molar-refractivity contribution in [1.29, 1.82) is 0 Å². The highest BCUT2D eigenvalue weighted by atomic mass is 16.2. The van der Waals surface area contributed by atoms with Gasteiger partial charge in [-0.15, -0.1) is 0 Å². The fraction of sp³-hybridized carbons (Fsp3) is 0.238. The van der Waals surface area contributed by atoms with Crippen LogP contribution in [-0.4, -0.2) is 22.6 Å². The van der Waals surface area contributed by atoms with Crippen molar-refractivity contribution in [3.05, 3.63) is 71.4 Å². The van der Waals surface area contributed by atoms with Gasteiger partial charge in [-0.1, -0.05) is 48.5 Å². The predicted molar refractivity (Wildman–Crippen MR) is 104 cm³/mol. The van der Waals surface area contributed by atoms with E-state index in [9.17, 15) is 4.79 Å². The maximum atomic E-state index is 12.7. The number of aromatic amines is 1. The summed E-state index contributed by atoms with van der Waals surface area (Å²) in [5.41, 5.74) is 8.00. The monoisotopic (exact) mass is 346 g/mol. The number of benzene rings is 2. The van der Waals surface area contributed by atoms with Crippen LogP contribution in [0.4, 0.5) is 0 Å². The quantitative estimate of drug-likeness (QED) is 0.503. The number of carbonyl (C=O) groups is 1. The van der Waals surface area contributed by atoms with Crippen LogP contribution in [0.15, 0.2) is 59.7 Å². The van der Waals surface area contributed by atoms with Crippen molar-refractivity contribution in [2.75, 3.05) is 0 Å². The summed E-state index contributed by atoms with van der Waals surface area (Å²) in [5, 5.41) is 8.85. The molecular weight excluding hydrogens is 324 g/mol. The lowest BCUT2D eigenvalue weighted by Gasteiger charge is -2.28. The topological polar surface area (TPSA) is 69.3 Å². The van der Waals surface area contributed by atoms with E-state index < -0.39 is 0 Å². The van der Waals surface area contributed by atoms with Gasteiger partial charge in [-0.2, -0.15) is 5.10 Å². The highest BCUT2D eigenvalue weighted by molar-refractivity contribution is 5.99. The second-order valence-corrected chi connectivity index (χ2v) is 6.75. The molecule has 2 aromatic carbocycles. The molecule has 132 valence electrons. The Bertz CT molecular complexity index is 974. The maximum Gasteiger partial charge on any atom is 0.257 e. The Balaban J connectivity index is 1.53. The van der Waals surface area contributed by atoms with Crippen LogP contribution in [0.25, 0.3) is 10.9 Å². The molecule has 3 aromatic rings. The van der Waals surface area contributed by atoms with Crippen molar-refractivity contribution < 1.29 is 4.79 Å². The average molecular weight is 346 g/mol. The summed E-state index contributed by atoms with van der Waals surface area (Å²) in [6.07, 6.45) is 0.648. The maximum absolute atomic E-state index is 12.7. The molecule has 0 radical (unpaired) electrons. The SMILES string of the molecule is C/C(=N\NC(=O)C1Cc2c([nH]c3ccccc23)[C@H](C)N1)c1ccccc1. The lowest BCUT2D eigenvalue weighted by molar-refractivity contribution is -0.123. The number of rotatable bonds is 3. The minimum Gasteiger partial charge on any atom is -0.357 e. The molecule has 5 heteroatoms. The van der Waals surface area contributed by atoms with Gasteiger partial charge in [-0.3, -0.25) is 10.1 Å². The molecule has 26 heavy (non-hydrogen) atoms. The van der Waals surface area contributed by atoms with Gasteiger partial charge < -0.3 is 4.98 Å². The van der Waals surface area contributed by atoms with Crippen molar-refractivity contribution in [3.8, 4) is 0 Å². The minimum absolute atomic E-state index is 0.0844. The lowest BCUT2D eigenvalue weighted by Crippen LogP contribution is -2.48. The van der Waals surface area contributed by atoms with Crippen LogP contribution in [0.2, 0.25) is 0 Å². The highest BCUT2D eigenvalue weighted by Crippen LogP contribution is 2.31. The molecule has 0 spiro atoms. The largest absolute Gasteiger partial charge is 0.357 e. The van der Waals surface area contributed by atoms with Crippen molar-refractivity contribution in [3.63, 3.8) is 0 Å². The summed E-state index contributed by atoms with van der Waals surface area (Å²) in [5.74, 6) is -0.108. The molecule has 0 saturated carbocycles. The number of para-hydroxylation sites is 1. The average Bonchev–Trinajstić information content (AvgIpc) is 3.06. The van der Waals surface area contributed by atoms with Gasteiger partial charge in [0.1, 0.15) is 0 Å². The third-order valence-corrected chi connectivity index (χ3v) is 4.98. The molecule has 0 saturated heterocycles. The summed E-state index contributed by atoms with van der Waals surface area (Å²) in [6, 6.07) is 17.8. The second kappa shape index (κ2) is 6.77. The number of hydrazone groups is 1. The first-order valence-electron chi connectivity index (χ1n) is 8.88. The normalized spacial score (nSPS) is 20.0. The van der Waals surface area contributed by atoms with Gasteiger partial charge in [0.15, 0.2) is 0 Å². The third-order valence-electron chi connectivity index (χ3n) is 4.98. The van der Waals surface area contributed by atoms with E-state index in [4.69, 9.17) is 0 Å². The number of aromatic nitrogens is 1. The van der Waals surface area contributed by atoms with Crippen molar-refractivity contribution in [1.82, 2.24) is 15.7 Å². The molecule has 5 nitrogen and oxygen atoms in total. The molecule has 0 bridgehead atoms. The van der Waals surface area contributed by atoms with E-state index in [2.05, 4.69) is 39.9 Å². The van der Waals surface area contributed by atoms with E-state index in [1.807, 2.05) is 49.4 Å². The molecule has 2 atom stereocenters. The molecule has 1 aliphatic rings. The first-order valence-corrected chi connectivity index (χ1v) is 8.88. The van der Waals surface area contributed by atoms with Gasteiger partial charge in [0, 0.05) is 22.6 Å². The number of hydrogen-bond acceptors (Lipinski definition) is 3. The molecule has 2 heterocycles. The van der Waals surface area contributed by atoms with E-state index >= 15 is 0 Å². The fourth-order valence-corrected chi connectivity index (χ4v) is 3.59. The lowest BCUT2D eigenvalue weighted by atomic mass is 9.94. The fourth-order valence-electron chi connectivity index (χ4n) is 3.59. The summed E-state index contributed by atoms with van der Waals surface area (Å²) in [7, 11) is 0. The van der Waals surface area contributed by atoms with Crippen molar-refractivity contribution in [2.24, 2.45) is 5.10 Å². The Labute approximate surface area is 152 Å². The molecule has 1 amide bonds. The summed E-state index contributed by atoms with van der Waals surface area (Å²) < 4.78 is 0. The Kier molecular flexibility index (Phi) is 4.31. The molecule has 4 rings (SSSR count). The van der Waals surface area contributed by atoms with Gasteiger partial charge in [0.05, 0.1) is 11.8 Å². The van der Waals surface area contributed by atoms with Gasteiger partial charge in [-0.25, -0.2) is 5.43 Å². The predicted octanol–water partition coefficient (Wildman–Crippen LogP) is 3.28. The number of nitrogens with zero attached hydrogens (tertiary/aromatic N) is 1. The van der Waals surface area contributed by atoms with E-state index in [0.29, 0.717) is 6.42 Å². The first-order chi connectivity index (χ1) is 12.6. The molecule has 1 aliphatic heterocycles. The number of fused-ring (bicyclic) bond motifs is 3. The minimum atomic E-state index is -0.302. The third kappa shape index (κ3) is 3.02. The number of hydrogen-bond donors (Lipinski definition) is 3. The zero-order valence-electron chi connectivity index (χ0n) is 14.9. The van der Waals surface area contributed by atoms with Crippen LogP contribution in [0.1, 0.15) is 36.7 Å². The van der Waals surface area contributed by atoms with Crippen LogP contribution in [-0.2, 0) is 11.2 Å². The smallest absolute Gasteiger partial charge is 0.257 e. The Hall–Kier alpha value is -2.92. The van der Waals surface area contributed by atoms with Gasteiger partial charge in [0.25, 0.3) is 5.91 Å². The van der Waals surface area contributed by atoms with E-state index in [-0.39, 0.29) is 18.0 Å². The molecule has 1 aromatic heterocycles. The van der Waals surface area contributed by atoms with E-state index in [1.165, 1.54) is 16.6 Å². The van der Waals surface area contributed by atoms with Crippen molar-refractivity contribution >= 4 is 22.5 Å². The zero-order valence-corrected chi connectivity index (χ0v) is 14.9. The Morgan fingerprint density at radius 1 is 1.12 bits per heavy atom. The standard InChI is InChI=1S/C21H22N4O/c1-13(15-8-4-3-5-9-15)24-25-21(26)19-12-17-16-10-6-7-11-18(16)23-20(17)14(2)22-19/h3-11,14,19,22-23H,12H2,1-2H3,(H,25,26)/b24-13+/t14-,19?/m0/s1. The molecule has 0 fully saturated rings. The summed E-state index contributed by atoms with van der Waals surface area (Å²) in [4.78, 5) is 16.1. The van der Waals surface area contributed by atoms with Crippen LogP contribution >= 0.6 is 0 Å². The van der Waals surface area contributed by atoms with Crippen LogP contribution in [0.5, 0.6) is 0 Å². The Morgan fingerprint density at radius 3 is 2.65 bits per heavy atom. The number of carbonyl (C=O) groups excluding carboxylic acids is 1. The van der Waals surface area contributed by atoms with Crippen LogP contribution in [0, 0.1) is 0 Å². The number of nitrogens with one attached hydrogen (secondary N) is 3. The number of H-pyrrole nitrogens is 1. The molecule has 1 unspecified atom stereocenters. The van der Waals surface area contributed by atoms with Crippen molar-refractivity contribution in [2.45, 2.75) is 32.4 Å². The first kappa shape index (κ1) is 16.5. The molecule has 0 aliphatic carbocycles. The van der Waals surface area contributed by atoms with Crippen LogP contribution in [0.3, 0.4) is 0 Å². The van der Waals surface area contributed by atoms with Gasteiger partial charge in [0.2, 0.25) is 0 Å². The molecular formula is C21H22N4O. The highest BCUT2D eigenvalue weighted by Gasteiger charge is 2.30. The van der Waals surface area contributed by atoms with Gasteiger partial charge >= 0.3 is 0 Å². The summed E-state index contributed by atoms with van der Waals surface area (Å²) >= 11 is 0. The zero-order chi connectivity index (χ0) is 18.1. The van der Waals surface area contributed by atoms with E-state index in [1.54, 1.807) is 0 Å². The van der Waals surface area contributed by atoms with E-state index in [0.717, 1.165) is 16.8 Å². The Morgan fingerprint density at radius 2 is 1.85 bits per heavy atom. The molecule has 3 N–H and O–H groups in total. The second-order valence-electron chi connectivity index (χ2n) is 6.75. The number of amides is 1. The van der Waals surface area contributed by atoms with Crippen LogP contribution < -0.4 is 10.7 Å². The summed E-state index contributed by atoms with van der Waals surface area (Å²) in [6.45, 7) is 3.97. The van der Waals surface area contributed by atoms with Gasteiger partial charge in [-0.05, 0) is 37.5 Å².